The smallest absolute Gasteiger partial charge is 0.471 e. The average molecular weight is 574 g/mol. The first-order chi connectivity index (χ1) is 18.0. The molecule has 2 aliphatic rings. The number of nitrogens with zero attached hydrogens (tertiary/aromatic N) is 3. The summed E-state index contributed by atoms with van der Waals surface area (Å²) in [5, 5.41) is 16.9. The molecule has 1 saturated heterocycles. The molecule has 2 atom stereocenters. The van der Waals surface area contributed by atoms with E-state index in [4.69, 9.17) is 4.84 Å². The number of anilines is 1. The van der Waals surface area contributed by atoms with E-state index in [0.29, 0.717) is 16.9 Å². The van der Waals surface area contributed by atoms with Gasteiger partial charge in [-0.3, -0.25) is 24.6 Å². The molecular weight excluding hydrogens is 558 g/mol. The Hall–Kier alpha value is -3.99. The summed E-state index contributed by atoms with van der Waals surface area (Å²) in [6.45, 7) is -0.222. The van der Waals surface area contributed by atoms with Gasteiger partial charge in [-0.25, -0.2) is 14.2 Å². The number of hydrogen-bond acceptors (Lipinski definition) is 9. The lowest BCUT2D eigenvalue weighted by molar-refractivity contribution is -0.167. The van der Waals surface area contributed by atoms with Crippen molar-refractivity contribution in [3.63, 3.8) is 0 Å². The quantitative estimate of drug-likeness (QED) is 0.188. The number of amides is 3. The van der Waals surface area contributed by atoms with Gasteiger partial charge in [-0.1, -0.05) is 17.3 Å². The van der Waals surface area contributed by atoms with E-state index in [9.17, 15) is 41.8 Å². The molecule has 11 nitrogen and oxygen atoms in total. The standard InChI is InChI=1S/C21H15F4N5O6S2/c22-10-3-1-9(2-4-10)7-36-29-13(11-8-38-20(26-11)28-19(35)21(23,24)25)15(31)27-14-16(32)30-12(18(33)34)5-6-37-17(14)30/h1-5,8,14,17H,6-7H2,(H,27,31)(H,33,34)(H,26,28,35)/b29-13+. The molecule has 0 saturated carbocycles. The van der Waals surface area contributed by atoms with Crippen molar-refractivity contribution in [2.24, 2.45) is 5.16 Å². The number of carbonyl (C=O) groups is 4. The van der Waals surface area contributed by atoms with Crippen LogP contribution in [0.5, 0.6) is 0 Å². The number of carboxylic acids is 1. The summed E-state index contributed by atoms with van der Waals surface area (Å²) in [4.78, 5) is 58.2. The monoisotopic (exact) mass is 573 g/mol. The maximum atomic E-state index is 13.1. The van der Waals surface area contributed by atoms with Crippen LogP contribution in [0.2, 0.25) is 0 Å². The second-order valence-electron chi connectivity index (χ2n) is 7.61. The summed E-state index contributed by atoms with van der Waals surface area (Å²) in [7, 11) is 0. The number of oxime groups is 1. The Bertz CT molecular complexity index is 1340. The Balaban J connectivity index is 1.53. The number of hydrogen-bond donors (Lipinski definition) is 3. The number of aliphatic carboxylic acids is 1. The summed E-state index contributed by atoms with van der Waals surface area (Å²) in [5.41, 5.74) is -0.542. The van der Waals surface area contributed by atoms with Crippen molar-refractivity contribution < 1.29 is 46.7 Å². The second kappa shape index (κ2) is 10.8. The Labute approximate surface area is 218 Å². The highest BCUT2D eigenvalue weighted by Crippen LogP contribution is 2.37. The van der Waals surface area contributed by atoms with Crippen LogP contribution in [0, 0.1) is 5.82 Å². The largest absolute Gasteiger partial charge is 0.477 e. The van der Waals surface area contributed by atoms with Crippen LogP contribution in [-0.4, -0.2) is 67.7 Å². The summed E-state index contributed by atoms with van der Waals surface area (Å²) in [6, 6.07) is 4.01. The fraction of sp³-hybridized carbons (Fsp3) is 0.238. The molecule has 38 heavy (non-hydrogen) atoms. The topological polar surface area (TPSA) is 150 Å². The summed E-state index contributed by atoms with van der Waals surface area (Å²) in [5.74, 6) is -5.47. The lowest BCUT2D eigenvalue weighted by Crippen LogP contribution is -2.70. The van der Waals surface area contributed by atoms with Crippen molar-refractivity contribution in [2.75, 3.05) is 11.1 Å². The van der Waals surface area contributed by atoms with Gasteiger partial charge >= 0.3 is 18.1 Å². The molecule has 3 amide bonds. The van der Waals surface area contributed by atoms with Gasteiger partial charge in [-0.05, 0) is 23.8 Å². The van der Waals surface area contributed by atoms with E-state index in [1.54, 1.807) is 5.32 Å². The van der Waals surface area contributed by atoms with E-state index in [2.05, 4.69) is 15.5 Å². The van der Waals surface area contributed by atoms with Crippen LogP contribution in [0.1, 0.15) is 11.3 Å². The Morgan fingerprint density at radius 1 is 1.24 bits per heavy atom. The second-order valence-corrected chi connectivity index (χ2v) is 9.62. The third-order valence-electron chi connectivity index (χ3n) is 5.09. The molecule has 17 heteroatoms. The number of carbonyl (C=O) groups excluding carboxylic acids is 3. The van der Waals surface area contributed by atoms with Gasteiger partial charge in [0, 0.05) is 11.1 Å². The van der Waals surface area contributed by atoms with Gasteiger partial charge in [-0.15, -0.1) is 23.1 Å². The predicted molar refractivity (Wildman–Crippen MR) is 125 cm³/mol. The molecule has 2 unspecified atom stereocenters. The number of thiazole rings is 1. The van der Waals surface area contributed by atoms with Crippen molar-refractivity contribution in [2.45, 2.75) is 24.2 Å². The van der Waals surface area contributed by atoms with Gasteiger partial charge in [0.05, 0.1) is 0 Å². The zero-order valence-electron chi connectivity index (χ0n) is 18.7. The summed E-state index contributed by atoms with van der Waals surface area (Å²) >= 11 is 1.79. The number of aromatic nitrogens is 1. The molecule has 1 aromatic heterocycles. The lowest BCUT2D eigenvalue weighted by Gasteiger charge is -2.48. The van der Waals surface area contributed by atoms with Crippen LogP contribution >= 0.6 is 23.1 Å². The number of alkyl halides is 3. The molecule has 3 heterocycles. The van der Waals surface area contributed by atoms with Crippen LogP contribution in [-0.2, 0) is 30.6 Å². The number of β-lactam (4-membered cyclic amide) rings is 1. The predicted octanol–water partition coefficient (Wildman–Crippen LogP) is 2.07. The molecule has 0 radical (unpaired) electrons. The lowest BCUT2D eigenvalue weighted by atomic mass is 10.0. The van der Waals surface area contributed by atoms with Crippen molar-refractivity contribution in [1.82, 2.24) is 15.2 Å². The first-order valence-corrected chi connectivity index (χ1v) is 12.4. The molecule has 4 rings (SSSR count). The zero-order chi connectivity index (χ0) is 27.6. The maximum absolute atomic E-state index is 13.1. The van der Waals surface area contributed by atoms with Crippen LogP contribution in [0.25, 0.3) is 0 Å². The van der Waals surface area contributed by atoms with Gasteiger partial charge in [0.2, 0.25) is 0 Å². The van der Waals surface area contributed by atoms with Crippen molar-refractivity contribution in [3.8, 4) is 0 Å². The highest BCUT2D eigenvalue weighted by Gasteiger charge is 2.53. The zero-order valence-corrected chi connectivity index (χ0v) is 20.3. The van der Waals surface area contributed by atoms with Crippen molar-refractivity contribution in [3.05, 3.63) is 58.5 Å². The van der Waals surface area contributed by atoms with E-state index < -0.39 is 57.9 Å². The van der Waals surface area contributed by atoms with Crippen LogP contribution in [0.15, 0.2) is 46.6 Å². The Kier molecular flexibility index (Phi) is 7.68. The minimum absolute atomic E-state index is 0.217. The number of nitrogens with one attached hydrogen (secondary N) is 2. The third-order valence-corrected chi connectivity index (χ3v) is 7.03. The van der Waals surface area contributed by atoms with Crippen molar-refractivity contribution >= 4 is 57.6 Å². The number of fused-ring (bicyclic) bond motifs is 1. The highest BCUT2D eigenvalue weighted by molar-refractivity contribution is 8.00. The van der Waals surface area contributed by atoms with E-state index in [1.807, 2.05) is 0 Å². The molecule has 1 aromatic carbocycles. The highest BCUT2D eigenvalue weighted by atomic mass is 32.2. The Morgan fingerprint density at radius 3 is 2.61 bits per heavy atom. The molecule has 1 fully saturated rings. The number of rotatable bonds is 8. The fourth-order valence-corrected chi connectivity index (χ4v) is 5.20. The minimum Gasteiger partial charge on any atom is -0.477 e. The number of thioether (sulfide) groups is 1. The first-order valence-electron chi connectivity index (χ1n) is 10.4. The van der Waals surface area contributed by atoms with Crippen LogP contribution < -0.4 is 10.6 Å². The maximum Gasteiger partial charge on any atom is 0.471 e. The molecule has 3 N–H and O–H groups in total. The van der Waals surface area contributed by atoms with Gasteiger partial charge in [-0.2, -0.15) is 13.2 Å². The van der Waals surface area contributed by atoms with Crippen LogP contribution in [0.4, 0.5) is 22.7 Å². The van der Waals surface area contributed by atoms with Gasteiger partial charge < -0.3 is 15.3 Å². The van der Waals surface area contributed by atoms with Gasteiger partial charge in [0.25, 0.3) is 11.8 Å². The molecule has 2 aliphatic heterocycles. The van der Waals surface area contributed by atoms with E-state index in [-0.39, 0.29) is 23.8 Å². The Morgan fingerprint density at radius 2 is 1.95 bits per heavy atom. The van der Waals surface area contributed by atoms with Crippen molar-refractivity contribution in [1.29, 1.82) is 0 Å². The fourth-order valence-electron chi connectivity index (χ4n) is 3.31. The van der Waals surface area contributed by atoms with E-state index >= 15 is 0 Å². The number of carboxylic acid groups (broad SMARTS) is 1. The molecule has 0 spiro atoms. The molecule has 2 aromatic rings. The number of halogens is 4. The average Bonchev–Trinajstić information content (AvgIpc) is 3.32. The van der Waals surface area contributed by atoms with Gasteiger partial charge in [0.15, 0.2) is 10.8 Å². The molecule has 0 bridgehead atoms. The van der Waals surface area contributed by atoms with Crippen LogP contribution in [0.3, 0.4) is 0 Å². The normalized spacial score (nSPS) is 19.2. The summed E-state index contributed by atoms with van der Waals surface area (Å²) < 4.78 is 50.8. The van der Waals surface area contributed by atoms with E-state index in [0.717, 1.165) is 10.3 Å². The number of benzene rings is 1. The third kappa shape index (κ3) is 5.77. The van der Waals surface area contributed by atoms with E-state index in [1.165, 1.54) is 42.1 Å². The molecule has 200 valence electrons. The first kappa shape index (κ1) is 27.1. The summed E-state index contributed by atoms with van der Waals surface area (Å²) in [6.07, 6.45) is -3.81. The molecule has 0 aliphatic carbocycles. The van der Waals surface area contributed by atoms with Gasteiger partial charge in [0.1, 0.15) is 35.2 Å². The SMILES string of the molecule is O=C(O)C1=CCSC2C(NC(=O)/C(=N/OCc3ccc(F)cc3)c3csc(NC(=O)C(F)(F)F)n3)C(=O)N12. The minimum atomic E-state index is -5.17. The molecular formula is C21H15F4N5O6S2.